The third kappa shape index (κ3) is 3.86. The smallest absolute Gasteiger partial charge is 0.295 e. The molecule has 0 aliphatic carbocycles. The van der Waals surface area contributed by atoms with Crippen LogP contribution < -0.4 is 4.74 Å². The number of rotatable bonds is 4. The summed E-state index contributed by atoms with van der Waals surface area (Å²) in [5.41, 5.74) is 2.67. The number of amides is 1. The Morgan fingerprint density at radius 2 is 1.97 bits per heavy atom. The number of halogens is 1. The number of aromatic nitrogens is 1. The molecule has 0 radical (unpaired) electrons. The van der Waals surface area contributed by atoms with Crippen molar-refractivity contribution in [2.75, 3.05) is 6.61 Å². The Labute approximate surface area is 190 Å². The molecule has 1 saturated heterocycles. The van der Waals surface area contributed by atoms with Crippen molar-refractivity contribution < 1.29 is 23.8 Å². The number of fused-ring (bicyclic) bond motifs is 1. The average Bonchev–Trinajstić information content (AvgIpc) is 3.10. The van der Waals surface area contributed by atoms with Crippen LogP contribution in [0.3, 0.4) is 0 Å². The molecule has 33 heavy (non-hydrogen) atoms. The molecule has 1 aromatic heterocycles. The lowest BCUT2D eigenvalue weighted by atomic mass is 9.94. The quantitative estimate of drug-likeness (QED) is 0.371. The van der Waals surface area contributed by atoms with E-state index in [0.29, 0.717) is 23.3 Å². The van der Waals surface area contributed by atoms with Gasteiger partial charge in [0.05, 0.1) is 18.2 Å². The number of aliphatic hydroxyl groups is 1. The highest BCUT2D eigenvalue weighted by atomic mass is 19.1. The van der Waals surface area contributed by atoms with Gasteiger partial charge in [0, 0.05) is 24.5 Å². The first-order valence-electron chi connectivity index (χ1n) is 10.7. The molecule has 3 heterocycles. The number of likely N-dealkylation sites (tertiary alicyclic amines) is 1. The van der Waals surface area contributed by atoms with Crippen molar-refractivity contribution in [1.82, 2.24) is 9.88 Å². The Hall–Kier alpha value is -4.00. The van der Waals surface area contributed by atoms with Crippen molar-refractivity contribution in [3.05, 3.63) is 101 Å². The van der Waals surface area contributed by atoms with Crippen LogP contribution in [-0.4, -0.2) is 33.3 Å². The standard InChI is InChI=1S/C26H21FN2O4/c27-20-8-5-16(6-9-20)15-29-23(19-3-1-11-28-14-19)22(25(31)26(29)32)24(30)18-7-10-21-17(13-18)4-2-12-33-21/h1,3,5-11,13-14,23,30H,2,4,12,15H2/b24-22-. The van der Waals surface area contributed by atoms with Crippen molar-refractivity contribution in [2.24, 2.45) is 0 Å². The summed E-state index contributed by atoms with van der Waals surface area (Å²) >= 11 is 0. The molecule has 1 atom stereocenters. The molecule has 3 aromatic rings. The van der Waals surface area contributed by atoms with E-state index < -0.39 is 17.7 Å². The van der Waals surface area contributed by atoms with Crippen molar-refractivity contribution in [3.63, 3.8) is 0 Å². The zero-order valence-corrected chi connectivity index (χ0v) is 17.7. The van der Waals surface area contributed by atoms with Crippen molar-refractivity contribution >= 4 is 17.4 Å². The van der Waals surface area contributed by atoms with Crippen LogP contribution in [0.15, 0.2) is 72.6 Å². The molecule has 0 bridgehead atoms. The Morgan fingerprint density at radius 3 is 2.73 bits per heavy atom. The fourth-order valence-electron chi connectivity index (χ4n) is 4.38. The lowest BCUT2D eigenvalue weighted by Crippen LogP contribution is -2.29. The number of ether oxygens (including phenoxy) is 1. The lowest BCUT2D eigenvalue weighted by Gasteiger charge is -2.25. The third-order valence-electron chi connectivity index (χ3n) is 5.99. The molecule has 1 amide bonds. The van der Waals surface area contributed by atoms with E-state index in [1.807, 2.05) is 0 Å². The number of benzene rings is 2. The van der Waals surface area contributed by atoms with Gasteiger partial charge in [0.1, 0.15) is 17.3 Å². The van der Waals surface area contributed by atoms with Gasteiger partial charge in [-0.15, -0.1) is 0 Å². The summed E-state index contributed by atoms with van der Waals surface area (Å²) < 4.78 is 19.0. The van der Waals surface area contributed by atoms with Gasteiger partial charge in [-0.3, -0.25) is 14.6 Å². The number of nitrogens with zero attached hydrogens (tertiary/aromatic N) is 2. The molecule has 1 N–H and O–H groups in total. The first-order chi connectivity index (χ1) is 16.0. The van der Waals surface area contributed by atoms with Crippen molar-refractivity contribution in [2.45, 2.75) is 25.4 Å². The maximum Gasteiger partial charge on any atom is 0.295 e. The third-order valence-corrected chi connectivity index (χ3v) is 5.99. The van der Waals surface area contributed by atoms with Gasteiger partial charge in [0.25, 0.3) is 11.7 Å². The summed E-state index contributed by atoms with van der Waals surface area (Å²) in [7, 11) is 0. The molecule has 0 saturated carbocycles. The van der Waals surface area contributed by atoms with Crippen LogP contribution >= 0.6 is 0 Å². The maximum atomic E-state index is 13.4. The van der Waals surface area contributed by atoms with E-state index >= 15 is 0 Å². The molecule has 2 aliphatic heterocycles. The van der Waals surface area contributed by atoms with Gasteiger partial charge in [0.2, 0.25) is 0 Å². The van der Waals surface area contributed by atoms with Crippen molar-refractivity contribution in [3.8, 4) is 5.75 Å². The predicted molar refractivity (Wildman–Crippen MR) is 119 cm³/mol. The molecule has 2 aliphatic rings. The fourth-order valence-corrected chi connectivity index (χ4v) is 4.38. The van der Waals surface area contributed by atoms with E-state index in [9.17, 15) is 19.1 Å². The van der Waals surface area contributed by atoms with Crippen LogP contribution in [0.5, 0.6) is 5.75 Å². The largest absolute Gasteiger partial charge is 0.507 e. The van der Waals surface area contributed by atoms with Crippen molar-refractivity contribution in [1.29, 1.82) is 0 Å². The minimum atomic E-state index is -0.823. The normalized spacial score (nSPS) is 19.3. The SMILES string of the molecule is O=C1C(=O)N(Cc2ccc(F)cc2)C(c2cccnc2)/C1=C(/O)c1ccc2c(c1)CCCO2. The van der Waals surface area contributed by atoms with Gasteiger partial charge in [-0.2, -0.15) is 0 Å². The second kappa shape index (κ2) is 8.50. The van der Waals surface area contributed by atoms with Gasteiger partial charge in [0.15, 0.2) is 0 Å². The number of aliphatic hydroxyl groups excluding tert-OH is 1. The Morgan fingerprint density at radius 1 is 1.15 bits per heavy atom. The van der Waals surface area contributed by atoms with Gasteiger partial charge in [-0.1, -0.05) is 18.2 Å². The molecular weight excluding hydrogens is 423 g/mol. The molecule has 6 nitrogen and oxygen atoms in total. The van der Waals surface area contributed by atoms with Gasteiger partial charge >= 0.3 is 0 Å². The zero-order chi connectivity index (χ0) is 22.9. The number of aryl methyl sites for hydroxylation is 1. The number of pyridine rings is 1. The molecule has 2 aromatic carbocycles. The van der Waals surface area contributed by atoms with Crippen LogP contribution in [0.25, 0.3) is 5.76 Å². The summed E-state index contributed by atoms with van der Waals surface area (Å²) in [4.78, 5) is 31.7. The average molecular weight is 444 g/mol. The number of hydrogen-bond acceptors (Lipinski definition) is 5. The monoisotopic (exact) mass is 444 g/mol. The second-order valence-electron chi connectivity index (χ2n) is 8.11. The lowest BCUT2D eigenvalue weighted by molar-refractivity contribution is -0.140. The Bertz CT molecular complexity index is 1260. The topological polar surface area (TPSA) is 79.7 Å². The van der Waals surface area contributed by atoms with Crippen LogP contribution in [-0.2, 0) is 22.6 Å². The van der Waals surface area contributed by atoms with E-state index in [4.69, 9.17) is 4.74 Å². The molecule has 166 valence electrons. The van der Waals surface area contributed by atoms with Crippen LogP contribution in [0.2, 0.25) is 0 Å². The molecule has 7 heteroatoms. The summed E-state index contributed by atoms with van der Waals surface area (Å²) in [6, 6.07) is 13.7. The van der Waals surface area contributed by atoms with Crippen LogP contribution in [0.1, 0.15) is 34.7 Å². The summed E-state index contributed by atoms with van der Waals surface area (Å²) in [6.45, 7) is 0.729. The van der Waals surface area contributed by atoms with E-state index in [2.05, 4.69) is 4.98 Å². The predicted octanol–water partition coefficient (Wildman–Crippen LogP) is 4.17. The first-order valence-corrected chi connectivity index (χ1v) is 10.7. The number of carbonyl (C=O) groups is 2. The van der Waals surface area contributed by atoms with Crippen LogP contribution in [0.4, 0.5) is 4.39 Å². The number of ketones is 1. The minimum absolute atomic E-state index is 0.00629. The minimum Gasteiger partial charge on any atom is -0.507 e. The van der Waals surface area contributed by atoms with E-state index in [1.54, 1.807) is 54.9 Å². The van der Waals surface area contributed by atoms with Gasteiger partial charge in [-0.25, -0.2) is 4.39 Å². The second-order valence-corrected chi connectivity index (χ2v) is 8.11. The number of hydrogen-bond donors (Lipinski definition) is 1. The molecule has 1 fully saturated rings. The van der Waals surface area contributed by atoms with Gasteiger partial charge < -0.3 is 14.7 Å². The van der Waals surface area contributed by atoms with E-state index in [1.165, 1.54) is 17.0 Å². The summed E-state index contributed by atoms with van der Waals surface area (Å²) in [6.07, 6.45) is 4.84. The Balaban J connectivity index is 1.61. The number of Topliss-reactive ketones (excluding diaryl/α,β-unsaturated/α-hetero) is 1. The molecule has 5 rings (SSSR count). The van der Waals surface area contributed by atoms with Gasteiger partial charge in [-0.05, 0) is 65.9 Å². The highest BCUT2D eigenvalue weighted by molar-refractivity contribution is 6.46. The first kappa shape index (κ1) is 20.9. The Kier molecular flexibility index (Phi) is 5.38. The maximum absolute atomic E-state index is 13.4. The zero-order valence-electron chi connectivity index (χ0n) is 17.7. The molecule has 0 spiro atoms. The molecular formula is C26H21FN2O4. The summed E-state index contributed by atoms with van der Waals surface area (Å²) in [5, 5.41) is 11.2. The fraction of sp³-hybridized carbons (Fsp3) is 0.192. The number of carbonyl (C=O) groups excluding carboxylic acids is 2. The molecule has 1 unspecified atom stereocenters. The van der Waals surface area contributed by atoms with E-state index in [0.717, 1.165) is 24.2 Å². The summed E-state index contributed by atoms with van der Waals surface area (Å²) in [5.74, 6) is -1.36. The van der Waals surface area contributed by atoms with E-state index in [-0.39, 0.29) is 23.7 Å². The highest BCUT2D eigenvalue weighted by Crippen LogP contribution is 2.40. The highest BCUT2D eigenvalue weighted by Gasteiger charge is 2.46. The van der Waals surface area contributed by atoms with Crippen LogP contribution in [0, 0.1) is 5.82 Å².